The van der Waals surface area contributed by atoms with Gasteiger partial charge in [0.15, 0.2) is 11.0 Å². The van der Waals surface area contributed by atoms with Gasteiger partial charge in [-0.25, -0.2) is 4.39 Å². The van der Waals surface area contributed by atoms with Crippen LogP contribution in [-0.4, -0.2) is 15.4 Å². The fourth-order valence-corrected chi connectivity index (χ4v) is 0.724. The van der Waals surface area contributed by atoms with E-state index < -0.39 is 5.82 Å². The second-order valence-corrected chi connectivity index (χ2v) is 2.08. The molecule has 3 nitrogen and oxygen atoms in total. The van der Waals surface area contributed by atoms with Crippen molar-refractivity contribution < 1.29 is 9.60 Å². The summed E-state index contributed by atoms with van der Waals surface area (Å²) < 4.78 is 12.7. The summed E-state index contributed by atoms with van der Waals surface area (Å²) in [5, 5.41) is 10.4. The molecule has 1 rings (SSSR count). The lowest BCUT2D eigenvalue weighted by Crippen LogP contribution is -1.98. The van der Waals surface area contributed by atoms with Gasteiger partial charge in [0.2, 0.25) is 0 Å². The summed E-state index contributed by atoms with van der Waals surface area (Å²) in [5.41, 5.74) is -0.156. The molecule has 0 fully saturated rings. The Labute approximate surface area is 67.1 Å². The van der Waals surface area contributed by atoms with E-state index in [-0.39, 0.29) is 10.9 Å². The van der Waals surface area contributed by atoms with E-state index in [1.165, 1.54) is 18.3 Å². The minimum Gasteiger partial charge on any atom is -0.410 e. The van der Waals surface area contributed by atoms with Crippen molar-refractivity contribution in [1.82, 2.24) is 4.98 Å². The van der Waals surface area contributed by atoms with Gasteiger partial charge in [0.25, 0.3) is 0 Å². The van der Waals surface area contributed by atoms with Crippen molar-refractivity contribution in [3.05, 3.63) is 29.8 Å². The number of pyridine rings is 1. The third-order valence-electron chi connectivity index (χ3n) is 1.04. The Kier molecular flexibility index (Phi) is 2.38. The molecule has 1 heterocycles. The SMILES string of the molecule is ON=C(Cl)c1ncccc1F. The van der Waals surface area contributed by atoms with E-state index in [1.54, 1.807) is 0 Å². The van der Waals surface area contributed by atoms with E-state index >= 15 is 0 Å². The fraction of sp³-hybridized carbons (Fsp3) is 0. The van der Waals surface area contributed by atoms with Gasteiger partial charge in [0.1, 0.15) is 5.69 Å². The van der Waals surface area contributed by atoms with Crippen LogP contribution in [0.3, 0.4) is 0 Å². The van der Waals surface area contributed by atoms with Gasteiger partial charge in [-0.15, -0.1) is 0 Å². The van der Waals surface area contributed by atoms with E-state index in [2.05, 4.69) is 10.1 Å². The van der Waals surface area contributed by atoms with Crippen LogP contribution in [0.5, 0.6) is 0 Å². The standard InChI is InChI=1S/C6H4ClFN2O/c7-6(10-11)5-4(8)2-1-3-9-5/h1-3,11H. The van der Waals surface area contributed by atoms with Gasteiger partial charge in [0.05, 0.1) is 0 Å². The number of hydrogen-bond acceptors (Lipinski definition) is 3. The Balaban J connectivity index is 3.14. The zero-order valence-electron chi connectivity index (χ0n) is 5.33. The van der Waals surface area contributed by atoms with Crippen LogP contribution in [0.15, 0.2) is 23.5 Å². The van der Waals surface area contributed by atoms with Gasteiger partial charge in [-0.3, -0.25) is 4.98 Å². The molecule has 0 amide bonds. The van der Waals surface area contributed by atoms with Crippen molar-refractivity contribution in [2.45, 2.75) is 0 Å². The van der Waals surface area contributed by atoms with E-state index in [1.807, 2.05) is 0 Å². The normalized spacial score (nSPS) is 11.6. The maximum Gasteiger partial charge on any atom is 0.196 e. The van der Waals surface area contributed by atoms with Crippen LogP contribution >= 0.6 is 11.6 Å². The Morgan fingerprint density at radius 3 is 3.00 bits per heavy atom. The minimum absolute atomic E-state index is 0.156. The molecule has 1 aromatic rings. The molecular formula is C6H4ClFN2O. The van der Waals surface area contributed by atoms with Gasteiger partial charge < -0.3 is 5.21 Å². The number of rotatable bonds is 1. The zero-order valence-corrected chi connectivity index (χ0v) is 6.09. The lowest BCUT2D eigenvalue weighted by Gasteiger charge is -1.94. The predicted molar refractivity (Wildman–Crippen MR) is 38.4 cm³/mol. The third-order valence-corrected chi connectivity index (χ3v) is 1.30. The molecule has 11 heavy (non-hydrogen) atoms. The Morgan fingerprint density at radius 1 is 1.73 bits per heavy atom. The highest BCUT2D eigenvalue weighted by Crippen LogP contribution is 2.06. The first-order chi connectivity index (χ1) is 5.25. The van der Waals surface area contributed by atoms with Crippen molar-refractivity contribution >= 4 is 16.8 Å². The molecular weight excluding hydrogens is 171 g/mol. The number of oxime groups is 1. The van der Waals surface area contributed by atoms with Crippen LogP contribution in [0.25, 0.3) is 0 Å². The van der Waals surface area contributed by atoms with Crippen LogP contribution in [0.2, 0.25) is 0 Å². The lowest BCUT2D eigenvalue weighted by molar-refractivity contribution is 0.320. The van der Waals surface area contributed by atoms with Crippen LogP contribution in [0.1, 0.15) is 5.69 Å². The molecule has 0 saturated carbocycles. The molecule has 0 aromatic carbocycles. The average Bonchev–Trinajstić information content (AvgIpc) is 2.04. The highest BCUT2D eigenvalue weighted by Gasteiger charge is 2.07. The van der Waals surface area contributed by atoms with Crippen molar-refractivity contribution in [3.8, 4) is 0 Å². The van der Waals surface area contributed by atoms with E-state index in [0.29, 0.717) is 0 Å². The smallest absolute Gasteiger partial charge is 0.196 e. The van der Waals surface area contributed by atoms with Crippen molar-refractivity contribution in [2.24, 2.45) is 5.16 Å². The van der Waals surface area contributed by atoms with E-state index in [4.69, 9.17) is 16.8 Å². The van der Waals surface area contributed by atoms with Crippen molar-refractivity contribution in [3.63, 3.8) is 0 Å². The fourth-order valence-electron chi connectivity index (χ4n) is 0.585. The minimum atomic E-state index is -0.615. The summed E-state index contributed by atoms with van der Waals surface area (Å²) >= 11 is 5.29. The second kappa shape index (κ2) is 3.30. The Hall–Kier alpha value is -1.16. The summed E-state index contributed by atoms with van der Waals surface area (Å²) in [6, 6.07) is 2.59. The highest BCUT2D eigenvalue weighted by molar-refractivity contribution is 6.69. The maximum absolute atomic E-state index is 12.7. The molecule has 0 radical (unpaired) electrons. The summed E-state index contributed by atoms with van der Waals surface area (Å²) in [7, 11) is 0. The third kappa shape index (κ3) is 1.65. The van der Waals surface area contributed by atoms with E-state index in [9.17, 15) is 4.39 Å². The Bertz CT molecular complexity index is 290. The van der Waals surface area contributed by atoms with Crippen LogP contribution in [-0.2, 0) is 0 Å². The first-order valence-corrected chi connectivity index (χ1v) is 3.12. The molecule has 0 saturated heterocycles. The summed E-state index contributed by atoms with van der Waals surface area (Å²) in [6.45, 7) is 0. The lowest BCUT2D eigenvalue weighted by atomic mass is 10.3. The first kappa shape index (κ1) is 7.94. The molecule has 0 atom stereocenters. The van der Waals surface area contributed by atoms with Gasteiger partial charge in [-0.2, -0.15) is 0 Å². The second-order valence-electron chi connectivity index (χ2n) is 1.72. The van der Waals surface area contributed by atoms with Crippen LogP contribution in [0, 0.1) is 5.82 Å². The number of hydrogen-bond donors (Lipinski definition) is 1. The number of halogens is 2. The largest absolute Gasteiger partial charge is 0.410 e. The topological polar surface area (TPSA) is 45.5 Å². The molecule has 0 aliphatic heterocycles. The quantitative estimate of drug-likeness (QED) is 0.399. The zero-order chi connectivity index (χ0) is 8.27. The molecule has 58 valence electrons. The molecule has 0 aliphatic rings. The van der Waals surface area contributed by atoms with Gasteiger partial charge in [-0.1, -0.05) is 16.8 Å². The molecule has 1 aromatic heterocycles. The first-order valence-electron chi connectivity index (χ1n) is 2.74. The molecule has 1 N–H and O–H groups in total. The molecule has 0 bridgehead atoms. The molecule has 0 spiro atoms. The maximum atomic E-state index is 12.7. The number of aromatic nitrogens is 1. The molecule has 0 unspecified atom stereocenters. The van der Waals surface area contributed by atoms with Gasteiger partial charge >= 0.3 is 0 Å². The monoisotopic (exact) mass is 174 g/mol. The van der Waals surface area contributed by atoms with Gasteiger partial charge in [0, 0.05) is 6.20 Å². The number of nitrogens with zero attached hydrogens (tertiary/aromatic N) is 2. The van der Waals surface area contributed by atoms with Crippen LogP contribution in [0.4, 0.5) is 4.39 Å². The highest BCUT2D eigenvalue weighted by atomic mass is 35.5. The van der Waals surface area contributed by atoms with Crippen LogP contribution < -0.4 is 0 Å². The summed E-state index contributed by atoms with van der Waals surface area (Å²) in [4.78, 5) is 3.55. The predicted octanol–water partition coefficient (Wildman–Crippen LogP) is 1.60. The molecule has 5 heteroatoms. The Morgan fingerprint density at radius 2 is 2.45 bits per heavy atom. The average molecular weight is 175 g/mol. The van der Waals surface area contributed by atoms with Crippen molar-refractivity contribution in [2.75, 3.05) is 0 Å². The summed E-state index contributed by atoms with van der Waals surface area (Å²) in [6.07, 6.45) is 1.35. The van der Waals surface area contributed by atoms with Crippen molar-refractivity contribution in [1.29, 1.82) is 0 Å². The summed E-state index contributed by atoms with van der Waals surface area (Å²) in [5.74, 6) is -0.615. The van der Waals surface area contributed by atoms with Gasteiger partial charge in [-0.05, 0) is 12.1 Å². The van der Waals surface area contributed by atoms with E-state index in [0.717, 1.165) is 0 Å². The molecule has 0 aliphatic carbocycles.